The lowest BCUT2D eigenvalue weighted by molar-refractivity contribution is 0.594. The van der Waals surface area contributed by atoms with E-state index < -0.39 is 9.84 Å². The number of hydrogen-bond donors (Lipinski definition) is 0. The Bertz CT molecular complexity index is 1020. The smallest absolute Gasteiger partial charge is 0.210 e. The highest BCUT2D eigenvalue weighted by Crippen LogP contribution is 2.44. The summed E-state index contributed by atoms with van der Waals surface area (Å²) in [7, 11) is -3.49. The van der Waals surface area contributed by atoms with E-state index in [0.29, 0.717) is 16.3 Å². The van der Waals surface area contributed by atoms with E-state index in [-0.39, 0.29) is 0 Å². The summed E-state index contributed by atoms with van der Waals surface area (Å²) in [5.74, 6) is 0. The van der Waals surface area contributed by atoms with E-state index in [9.17, 15) is 8.42 Å². The molecule has 1 aliphatic heterocycles. The van der Waals surface area contributed by atoms with Crippen LogP contribution in [0.1, 0.15) is 16.7 Å². The maximum atomic E-state index is 13.0. The van der Waals surface area contributed by atoms with Crippen LogP contribution in [0.2, 0.25) is 0 Å². The van der Waals surface area contributed by atoms with E-state index in [1.807, 2.05) is 24.3 Å². The number of aryl methyl sites for hydroxylation is 2. The molecule has 1 aliphatic rings. The summed E-state index contributed by atoms with van der Waals surface area (Å²) in [6.45, 7) is 4.81. The first-order valence-electron chi connectivity index (χ1n) is 8.25. The molecule has 4 heteroatoms. The summed E-state index contributed by atoms with van der Waals surface area (Å²) in [5.41, 5.74) is 5.10. The van der Waals surface area contributed by atoms with Gasteiger partial charge in [0.05, 0.1) is 21.2 Å². The molecule has 0 aliphatic carbocycles. The minimum atomic E-state index is -3.49. The third kappa shape index (κ3) is 2.53. The molecule has 0 aromatic heterocycles. The van der Waals surface area contributed by atoms with Gasteiger partial charge in [0, 0.05) is 6.54 Å². The summed E-state index contributed by atoms with van der Waals surface area (Å²) >= 11 is 0. The molecule has 0 amide bonds. The Morgan fingerprint density at radius 1 is 0.800 bits per heavy atom. The molecule has 0 radical (unpaired) electrons. The van der Waals surface area contributed by atoms with Gasteiger partial charge in [0.15, 0.2) is 0 Å². The largest absolute Gasteiger partial charge is 0.335 e. The molecule has 126 valence electrons. The average molecular weight is 349 g/mol. The first kappa shape index (κ1) is 15.9. The highest BCUT2D eigenvalue weighted by molar-refractivity contribution is 7.92. The molecule has 3 aromatic carbocycles. The van der Waals surface area contributed by atoms with Gasteiger partial charge in [0.25, 0.3) is 0 Å². The number of nitrogens with zero attached hydrogens (tertiary/aromatic N) is 1. The zero-order chi connectivity index (χ0) is 17.6. The summed E-state index contributed by atoms with van der Waals surface area (Å²) < 4.78 is 26.0. The summed E-state index contributed by atoms with van der Waals surface area (Å²) in [5, 5.41) is 0. The van der Waals surface area contributed by atoms with Gasteiger partial charge in [0.1, 0.15) is 0 Å². The third-order valence-corrected chi connectivity index (χ3v) is 6.57. The fraction of sp³-hybridized carbons (Fsp3) is 0.143. The van der Waals surface area contributed by atoms with Crippen LogP contribution in [-0.4, -0.2) is 8.42 Å². The number of fused-ring (bicyclic) bond motifs is 2. The van der Waals surface area contributed by atoms with Gasteiger partial charge >= 0.3 is 0 Å². The molecule has 1 heterocycles. The van der Waals surface area contributed by atoms with Gasteiger partial charge in [-0.3, -0.25) is 0 Å². The first-order valence-corrected chi connectivity index (χ1v) is 9.73. The van der Waals surface area contributed by atoms with Crippen LogP contribution < -0.4 is 4.90 Å². The lowest BCUT2D eigenvalue weighted by Gasteiger charge is -2.33. The molecule has 0 atom stereocenters. The molecular weight excluding hydrogens is 330 g/mol. The lowest BCUT2D eigenvalue weighted by Crippen LogP contribution is -2.25. The molecule has 0 bridgehead atoms. The van der Waals surface area contributed by atoms with Crippen LogP contribution in [-0.2, 0) is 16.4 Å². The molecule has 0 saturated heterocycles. The minimum Gasteiger partial charge on any atom is -0.335 e. The molecule has 0 saturated carbocycles. The van der Waals surface area contributed by atoms with E-state index in [0.717, 1.165) is 11.4 Å². The summed E-state index contributed by atoms with van der Waals surface area (Å²) in [6, 6.07) is 20.9. The summed E-state index contributed by atoms with van der Waals surface area (Å²) in [6.07, 6.45) is 0. The van der Waals surface area contributed by atoms with Crippen LogP contribution in [0.3, 0.4) is 0 Å². The van der Waals surface area contributed by atoms with Crippen LogP contribution in [0.25, 0.3) is 0 Å². The molecule has 25 heavy (non-hydrogen) atoms. The normalized spacial score (nSPS) is 14.7. The number of anilines is 2. The van der Waals surface area contributed by atoms with Gasteiger partial charge in [0.2, 0.25) is 9.84 Å². The second-order valence-corrected chi connectivity index (χ2v) is 8.34. The van der Waals surface area contributed by atoms with Crippen LogP contribution in [0.5, 0.6) is 0 Å². The van der Waals surface area contributed by atoms with Crippen molar-refractivity contribution in [1.82, 2.24) is 0 Å². The fourth-order valence-corrected chi connectivity index (χ4v) is 5.09. The average Bonchev–Trinajstić information content (AvgIpc) is 2.60. The Morgan fingerprint density at radius 3 is 1.92 bits per heavy atom. The van der Waals surface area contributed by atoms with Crippen molar-refractivity contribution in [3.05, 3.63) is 83.4 Å². The molecule has 0 unspecified atom stereocenters. The molecule has 0 N–H and O–H groups in total. The van der Waals surface area contributed by atoms with Crippen LogP contribution in [0.4, 0.5) is 11.4 Å². The summed E-state index contributed by atoms with van der Waals surface area (Å²) in [4.78, 5) is 2.85. The molecule has 0 spiro atoms. The maximum Gasteiger partial charge on any atom is 0.210 e. The van der Waals surface area contributed by atoms with E-state index in [1.165, 1.54) is 16.7 Å². The zero-order valence-electron chi connectivity index (χ0n) is 14.2. The number of para-hydroxylation sites is 2. The Hall–Kier alpha value is -2.59. The Balaban J connectivity index is 1.91. The third-order valence-electron chi connectivity index (χ3n) is 4.72. The predicted molar refractivity (Wildman–Crippen MR) is 100 cm³/mol. The first-order chi connectivity index (χ1) is 12.0. The van der Waals surface area contributed by atoms with Gasteiger partial charge in [-0.1, -0.05) is 48.0 Å². The van der Waals surface area contributed by atoms with Crippen molar-refractivity contribution < 1.29 is 8.42 Å². The quantitative estimate of drug-likeness (QED) is 0.668. The van der Waals surface area contributed by atoms with Gasteiger partial charge in [-0.15, -0.1) is 0 Å². The van der Waals surface area contributed by atoms with Crippen molar-refractivity contribution in [1.29, 1.82) is 0 Å². The second kappa shape index (κ2) is 5.74. The van der Waals surface area contributed by atoms with Crippen molar-refractivity contribution >= 4 is 21.2 Å². The number of hydrogen-bond acceptors (Lipinski definition) is 3. The molecule has 3 aromatic rings. The Morgan fingerprint density at radius 2 is 1.36 bits per heavy atom. The molecular formula is C21H19NO2S. The monoisotopic (exact) mass is 349 g/mol. The van der Waals surface area contributed by atoms with Crippen molar-refractivity contribution in [3.8, 4) is 0 Å². The van der Waals surface area contributed by atoms with Gasteiger partial charge < -0.3 is 4.90 Å². The van der Waals surface area contributed by atoms with Gasteiger partial charge in [-0.2, -0.15) is 0 Å². The Kier molecular flexibility index (Phi) is 3.65. The lowest BCUT2D eigenvalue weighted by atomic mass is 10.0. The van der Waals surface area contributed by atoms with E-state index in [1.54, 1.807) is 24.3 Å². The minimum absolute atomic E-state index is 0.374. The standard InChI is InChI=1S/C21H19NO2S/c1-15-11-12-17(16(2)13-15)14-22-18-7-3-5-9-20(18)25(23,24)21-10-6-4-8-19(21)22/h3-13H,14H2,1-2H3. The zero-order valence-corrected chi connectivity index (χ0v) is 15.0. The highest BCUT2D eigenvalue weighted by atomic mass is 32.2. The van der Waals surface area contributed by atoms with Crippen molar-refractivity contribution in [2.75, 3.05) is 4.90 Å². The van der Waals surface area contributed by atoms with Crippen molar-refractivity contribution in [2.45, 2.75) is 30.2 Å². The fourth-order valence-electron chi connectivity index (χ4n) is 3.43. The number of rotatable bonds is 2. The maximum absolute atomic E-state index is 13.0. The predicted octanol–water partition coefficient (Wildman–Crippen LogP) is 4.79. The van der Waals surface area contributed by atoms with Gasteiger partial charge in [-0.25, -0.2) is 8.42 Å². The highest BCUT2D eigenvalue weighted by Gasteiger charge is 2.33. The van der Waals surface area contributed by atoms with Gasteiger partial charge in [-0.05, 0) is 49.2 Å². The van der Waals surface area contributed by atoms with E-state index in [2.05, 4.69) is 36.9 Å². The van der Waals surface area contributed by atoms with Crippen LogP contribution in [0, 0.1) is 13.8 Å². The molecule has 4 rings (SSSR count). The van der Waals surface area contributed by atoms with Crippen LogP contribution in [0.15, 0.2) is 76.5 Å². The van der Waals surface area contributed by atoms with E-state index in [4.69, 9.17) is 0 Å². The Labute approximate surface area is 148 Å². The second-order valence-electron chi connectivity index (χ2n) is 6.45. The molecule has 3 nitrogen and oxygen atoms in total. The number of sulfone groups is 1. The topological polar surface area (TPSA) is 37.4 Å². The molecule has 0 fully saturated rings. The van der Waals surface area contributed by atoms with Crippen molar-refractivity contribution in [3.63, 3.8) is 0 Å². The number of benzene rings is 3. The van der Waals surface area contributed by atoms with Crippen LogP contribution >= 0.6 is 0 Å². The SMILES string of the molecule is Cc1ccc(CN2c3ccccc3S(=O)(=O)c3ccccc32)c(C)c1. The van der Waals surface area contributed by atoms with E-state index >= 15 is 0 Å². The van der Waals surface area contributed by atoms with Crippen molar-refractivity contribution in [2.24, 2.45) is 0 Å².